The SMILES string of the molecule is CCCCCCCCCCCCCCCCCCCCCCCC(=O)O[C@H](COC(=O)CCCCCCCCCCCCCCCCCCC(C)C)COP(=O)(O)OC[C@@H](O)COP(=O)(O)OC[C@@H](COC(=O)CCCCCCCCCCCCCC)OC(=O)CCCCCCCCCCCCCCCCCC(C)C. The van der Waals surface area contributed by atoms with E-state index in [1.807, 2.05) is 0 Å². The van der Waals surface area contributed by atoms with Crippen molar-refractivity contribution in [3.63, 3.8) is 0 Å². The summed E-state index contributed by atoms with van der Waals surface area (Å²) in [6.45, 7) is 9.76. The molecule has 0 amide bonds. The summed E-state index contributed by atoms with van der Waals surface area (Å²) in [6.07, 6.45) is 76.4. The van der Waals surface area contributed by atoms with Crippen molar-refractivity contribution in [2.24, 2.45) is 11.8 Å². The van der Waals surface area contributed by atoms with Crippen LogP contribution in [0.5, 0.6) is 0 Å². The van der Waals surface area contributed by atoms with Gasteiger partial charge in [-0.05, 0) is 37.5 Å². The van der Waals surface area contributed by atoms with Gasteiger partial charge in [-0.25, -0.2) is 9.13 Å². The standard InChI is InChI=1S/C91H178O17P2/c1-7-9-11-13-15-17-19-21-22-23-24-25-26-27-34-39-45-51-57-63-69-75-90(95)108-87(80-102-89(94)74-68-62-56-50-44-38-33-29-28-31-36-41-47-53-59-65-71-83(3)4)82-106-110(99,100)104-78-85(92)77-103-109(97,98)105-81-86(79-101-88(93)73-67-61-55-49-43-20-18-16-14-12-10-8-2)107-91(96)76-70-64-58-52-46-40-35-30-32-37-42-48-54-60-66-72-84(5)6/h83-87,92H,7-82H2,1-6H3,(H,97,98)(H,99,100)/t85-,86+,87+/m0/s1. The molecule has 19 heteroatoms. The van der Waals surface area contributed by atoms with Gasteiger partial charge in [-0.1, -0.05) is 440 Å². The molecule has 2 unspecified atom stereocenters. The van der Waals surface area contributed by atoms with Crippen LogP contribution in [0.3, 0.4) is 0 Å². The van der Waals surface area contributed by atoms with Crippen molar-refractivity contribution in [3.8, 4) is 0 Å². The molecule has 0 bridgehead atoms. The second kappa shape index (κ2) is 82.2. The maximum Gasteiger partial charge on any atom is 0.472 e. The normalized spacial score (nSPS) is 13.7. The van der Waals surface area contributed by atoms with Crippen LogP contribution < -0.4 is 0 Å². The van der Waals surface area contributed by atoms with Gasteiger partial charge in [0.1, 0.15) is 19.3 Å². The topological polar surface area (TPSA) is 237 Å². The molecule has 0 aliphatic rings. The summed E-state index contributed by atoms with van der Waals surface area (Å²) in [6, 6.07) is 0. The largest absolute Gasteiger partial charge is 0.472 e. The van der Waals surface area contributed by atoms with Gasteiger partial charge in [-0.2, -0.15) is 0 Å². The fourth-order valence-electron chi connectivity index (χ4n) is 14.3. The lowest BCUT2D eigenvalue weighted by atomic mass is 10.0. The lowest BCUT2D eigenvalue weighted by molar-refractivity contribution is -0.161. The van der Waals surface area contributed by atoms with E-state index >= 15 is 0 Å². The van der Waals surface area contributed by atoms with Crippen molar-refractivity contribution in [2.75, 3.05) is 39.6 Å². The maximum atomic E-state index is 13.2. The Balaban J connectivity index is 5.25. The Labute approximate surface area is 677 Å². The molecular weight excluding hydrogens is 1430 g/mol. The van der Waals surface area contributed by atoms with Crippen LogP contribution in [-0.4, -0.2) is 96.7 Å². The Hall–Kier alpha value is -1.94. The van der Waals surface area contributed by atoms with Crippen LogP contribution in [0.15, 0.2) is 0 Å². The molecule has 0 saturated heterocycles. The molecular formula is C91H178O17P2. The molecule has 0 radical (unpaired) electrons. The Bertz CT molecular complexity index is 2100. The first-order valence-corrected chi connectivity index (χ1v) is 50.0. The van der Waals surface area contributed by atoms with Crippen LogP contribution in [0, 0.1) is 11.8 Å². The highest BCUT2D eigenvalue weighted by Crippen LogP contribution is 2.45. The van der Waals surface area contributed by atoms with Crippen LogP contribution in [0.25, 0.3) is 0 Å². The van der Waals surface area contributed by atoms with Gasteiger partial charge < -0.3 is 33.8 Å². The summed E-state index contributed by atoms with van der Waals surface area (Å²) < 4.78 is 69.1. The van der Waals surface area contributed by atoms with Gasteiger partial charge >= 0.3 is 39.5 Å². The van der Waals surface area contributed by atoms with Gasteiger partial charge in [-0.15, -0.1) is 0 Å². The minimum atomic E-state index is -4.97. The summed E-state index contributed by atoms with van der Waals surface area (Å²) in [5.74, 6) is -0.479. The van der Waals surface area contributed by atoms with E-state index in [4.69, 9.17) is 37.0 Å². The van der Waals surface area contributed by atoms with Crippen molar-refractivity contribution in [2.45, 2.75) is 509 Å². The minimum Gasteiger partial charge on any atom is -0.462 e. The summed E-state index contributed by atoms with van der Waals surface area (Å²) in [5.41, 5.74) is 0. The first-order valence-electron chi connectivity index (χ1n) is 47.0. The van der Waals surface area contributed by atoms with E-state index in [1.165, 1.54) is 308 Å². The monoisotopic (exact) mass is 1610 g/mol. The Morgan fingerprint density at radius 1 is 0.245 bits per heavy atom. The third-order valence-corrected chi connectivity index (χ3v) is 23.4. The molecule has 0 saturated carbocycles. The average molecular weight is 1610 g/mol. The molecule has 0 aliphatic carbocycles. The molecule has 110 heavy (non-hydrogen) atoms. The number of unbranched alkanes of at least 4 members (excludes halogenated alkanes) is 60. The molecule has 17 nitrogen and oxygen atoms in total. The maximum absolute atomic E-state index is 13.2. The number of aliphatic hydroxyl groups is 1. The summed E-state index contributed by atoms with van der Waals surface area (Å²) >= 11 is 0. The van der Waals surface area contributed by atoms with Crippen LogP contribution >= 0.6 is 15.6 Å². The Morgan fingerprint density at radius 2 is 0.418 bits per heavy atom. The molecule has 5 atom stereocenters. The van der Waals surface area contributed by atoms with E-state index in [9.17, 15) is 43.2 Å². The Morgan fingerprint density at radius 3 is 0.618 bits per heavy atom. The highest BCUT2D eigenvalue weighted by Gasteiger charge is 2.31. The van der Waals surface area contributed by atoms with E-state index in [2.05, 4.69) is 41.5 Å². The fraction of sp³-hybridized carbons (Fsp3) is 0.956. The number of phosphoric ester groups is 2. The molecule has 0 aromatic carbocycles. The molecule has 0 heterocycles. The lowest BCUT2D eigenvalue weighted by Crippen LogP contribution is -2.30. The van der Waals surface area contributed by atoms with Gasteiger partial charge in [-0.3, -0.25) is 37.3 Å². The van der Waals surface area contributed by atoms with Crippen molar-refractivity contribution in [1.29, 1.82) is 0 Å². The van der Waals surface area contributed by atoms with Crippen LogP contribution in [0.4, 0.5) is 0 Å². The van der Waals surface area contributed by atoms with Crippen molar-refractivity contribution >= 4 is 39.5 Å². The number of carbonyl (C=O) groups excluding carboxylic acids is 4. The number of carbonyl (C=O) groups is 4. The lowest BCUT2D eigenvalue weighted by Gasteiger charge is -2.21. The third-order valence-electron chi connectivity index (χ3n) is 21.5. The highest BCUT2D eigenvalue weighted by molar-refractivity contribution is 7.47. The summed E-state index contributed by atoms with van der Waals surface area (Å²) in [4.78, 5) is 73.4. The third kappa shape index (κ3) is 84.0. The van der Waals surface area contributed by atoms with E-state index in [0.717, 1.165) is 102 Å². The molecule has 3 N–H and O–H groups in total. The van der Waals surface area contributed by atoms with Gasteiger partial charge in [0.05, 0.1) is 26.4 Å². The fourth-order valence-corrected chi connectivity index (χ4v) is 15.9. The van der Waals surface area contributed by atoms with Gasteiger partial charge in [0.25, 0.3) is 0 Å². The van der Waals surface area contributed by atoms with Crippen molar-refractivity contribution < 1.29 is 80.2 Å². The second-order valence-corrected chi connectivity index (χ2v) is 36.6. The van der Waals surface area contributed by atoms with E-state index < -0.39 is 97.5 Å². The number of aliphatic hydroxyl groups excluding tert-OH is 1. The van der Waals surface area contributed by atoms with E-state index in [-0.39, 0.29) is 25.7 Å². The average Bonchev–Trinajstić information content (AvgIpc) is 0.898. The smallest absolute Gasteiger partial charge is 0.462 e. The van der Waals surface area contributed by atoms with E-state index in [1.54, 1.807) is 0 Å². The molecule has 0 rings (SSSR count). The van der Waals surface area contributed by atoms with Crippen molar-refractivity contribution in [3.05, 3.63) is 0 Å². The predicted molar refractivity (Wildman–Crippen MR) is 455 cm³/mol. The Kier molecular flexibility index (Phi) is 80.7. The number of rotatable bonds is 90. The number of esters is 4. The predicted octanol–water partition coefficient (Wildman–Crippen LogP) is 28.2. The number of hydrogen-bond donors (Lipinski definition) is 3. The molecule has 0 spiro atoms. The van der Waals surface area contributed by atoms with E-state index in [0.29, 0.717) is 25.7 Å². The van der Waals surface area contributed by atoms with Gasteiger partial charge in [0.2, 0.25) is 0 Å². The van der Waals surface area contributed by atoms with Crippen molar-refractivity contribution in [1.82, 2.24) is 0 Å². The molecule has 0 aromatic heterocycles. The minimum absolute atomic E-state index is 0.108. The number of hydrogen-bond acceptors (Lipinski definition) is 15. The quantitative estimate of drug-likeness (QED) is 0.0222. The summed E-state index contributed by atoms with van der Waals surface area (Å²) in [5, 5.41) is 10.7. The molecule has 654 valence electrons. The number of phosphoric acid groups is 2. The van der Waals surface area contributed by atoms with Gasteiger partial charge in [0.15, 0.2) is 12.2 Å². The molecule has 0 fully saturated rings. The second-order valence-electron chi connectivity index (χ2n) is 33.6. The zero-order valence-electron chi connectivity index (χ0n) is 72.6. The molecule has 0 aliphatic heterocycles. The first kappa shape index (κ1) is 108. The zero-order chi connectivity index (χ0) is 80.6. The van der Waals surface area contributed by atoms with Crippen LogP contribution in [0.1, 0.15) is 491 Å². The number of ether oxygens (including phenoxy) is 4. The summed E-state index contributed by atoms with van der Waals surface area (Å²) in [7, 11) is -9.94. The molecule has 0 aromatic rings. The van der Waals surface area contributed by atoms with Crippen LogP contribution in [-0.2, 0) is 65.4 Å². The van der Waals surface area contributed by atoms with Crippen LogP contribution in [0.2, 0.25) is 0 Å². The first-order chi connectivity index (χ1) is 53.4. The van der Waals surface area contributed by atoms with Gasteiger partial charge in [0, 0.05) is 25.7 Å². The highest BCUT2D eigenvalue weighted by atomic mass is 31.2. The zero-order valence-corrected chi connectivity index (χ0v) is 74.4.